The summed E-state index contributed by atoms with van der Waals surface area (Å²) < 4.78 is 11.2. The van der Waals surface area contributed by atoms with Crippen LogP contribution in [0.4, 0.5) is 0 Å². The van der Waals surface area contributed by atoms with Gasteiger partial charge in [0.25, 0.3) is 0 Å². The van der Waals surface area contributed by atoms with Crippen LogP contribution >= 0.6 is 0 Å². The third kappa shape index (κ3) is 4.78. The van der Waals surface area contributed by atoms with Crippen molar-refractivity contribution in [1.29, 1.82) is 0 Å². The van der Waals surface area contributed by atoms with Crippen LogP contribution in [0.25, 0.3) is 0 Å². The lowest BCUT2D eigenvalue weighted by molar-refractivity contribution is -0.292. The molecule has 0 spiro atoms. The zero-order valence-corrected chi connectivity index (χ0v) is 19.0. The summed E-state index contributed by atoms with van der Waals surface area (Å²) in [4.78, 5) is 22.9. The van der Waals surface area contributed by atoms with Gasteiger partial charge < -0.3 is 24.8 Å². The van der Waals surface area contributed by atoms with Gasteiger partial charge in [0.1, 0.15) is 5.75 Å². The van der Waals surface area contributed by atoms with Crippen LogP contribution in [0.2, 0.25) is 0 Å². The highest BCUT2D eigenvalue weighted by Gasteiger charge is 2.53. The lowest BCUT2D eigenvalue weighted by Crippen LogP contribution is -2.56. The van der Waals surface area contributed by atoms with E-state index >= 15 is 0 Å². The number of hydrogen-bond donors (Lipinski definition) is 3. The van der Waals surface area contributed by atoms with E-state index in [4.69, 9.17) is 9.47 Å². The summed E-state index contributed by atoms with van der Waals surface area (Å²) in [6.45, 7) is 13.1. The molecule has 0 amide bonds. The van der Waals surface area contributed by atoms with E-state index in [0.717, 1.165) is 16.7 Å². The van der Waals surface area contributed by atoms with E-state index in [0.29, 0.717) is 18.6 Å². The number of hydrogen-bond acceptors (Lipinski definition) is 5. The van der Waals surface area contributed by atoms with E-state index in [1.165, 1.54) is 0 Å². The van der Waals surface area contributed by atoms with E-state index in [-0.39, 0.29) is 10.8 Å². The van der Waals surface area contributed by atoms with Crippen molar-refractivity contribution in [3.05, 3.63) is 28.8 Å². The van der Waals surface area contributed by atoms with Crippen LogP contribution < -0.4 is 0 Å². The van der Waals surface area contributed by atoms with Gasteiger partial charge in [0, 0.05) is 6.42 Å². The van der Waals surface area contributed by atoms with Crippen LogP contribution in [0.5, 0.6) is 5.75 Å². The fraction of sp³-hybridized carbons (Fsp3) is 0.652. The molecule has 168 valence electrons. The van der Waals surface area contributed by atoms with E-state index in [1.807, 2.05) is 53.7 Å². The maximum Gasteiger partial charge on any atom is 0.325 e. The van der Waals surface area contributed by atoms with Crippen LogP contribution in [-0.2, 0) is 36.3 Å². The minimum atomic E-state index is -2.09. The standard InChI is InChI=1S/C23H34O7/c1-20(2,3)15-10-14(11-16(17(15)24)21(4,5)6)8-9-22(7)29-12-23(13-30-22,18(25)26)19(27)28/h10-11,24H,8-9,12-13H2,1-7H3,(H,25,26)(H,27,28). The zero-order chi connectivity index (χ0) is 23.1. The molecule has 0 saturated carbocycles. The SMILES string of the molecule is CC1(CCc2cc(C(C)(C)C)c(O)c(C(C)(C)C)c2)OCC(C(=O)O)(C(=O)O)CO1. The first-order valence-electron chi connectivity index (χ1n) is 10.1. The first-order chi connectivity index (χ1) is 13.5. The van der Waals surface area contributed by atoms with E-state index in [2.05, 4.69) is 0 Å². The number of phenols is 1. The second kappa shape index (κ2) is 7.85. The minimum Gasteiger partial charge on any atom is -0.507 e. The quantitative estimate of drug-likeness (QED) is 0.618. The Labute approximate surface area is 178 Å². The molecule has 0 bridgehead atoms. The Hall–Kier alpha value is -2.12. The monoisotopic (exact) mass is 422 g/mol. The van der Waals surface area contributed by atoms with Crippen molar-refractivity contribution in [3.8, 4) is 5.75 Å². The fourth-order valence-corrected chi connectivity index (χ4v) is 3.47. The molecule has 0 aromatic heterocycles. The predicted octanol–water partition coefficient (Wildman–Crippen LogP) is 3.84. The van der Waals surface area contributed by atoms with Gasteiger partial charge in [-0.3, -0.25) is 9.59 Å². The van der Waals surface area contributed by atoms with Gasteiger partial charge in [-0.15, -0.1) is 0 Å². The summed E-state index contributed by atoms with van der Waals surface area (Å²) in [6, 6.07) is 3.96. The van der Waals surface area contributed by atoms with Crippen LogP contribution in [0.3, 0.4) is 0 Å². The van der Waals surface area contributed by atoms with Crippen LogP contribution in [-0.4, -0.2) is 46.3 Å². The average Bonchev–Trinajstić information content (AvgIpc) is 2.59. The number of aliphatic carboxylic acids is 2. The molecule has 2 rings (SSSR count). The first-order valence-corrected chi connectivity index (χ1v) is 10.1. The van der Waals surface area contributed by atoms with Crippen molar-refractivity contribution >= 4 is 11.9 Å². The molecule has 1 aliphatic rings. The summed E-state index contributed by atoms with van der Waals surface area (Å²) >= 11 is 0. The van der Waals surface area contributed by atoms with Crippen LogP contribution in [0.1, 0.15) is 71.6 Å². The Morgan fingerprint density at radius 3 is 1.67 bits per heavy atom. The molecule has 0 aliphatic carbocycles. The molecule has 1 heterocycles. The number of aromatic hydroxyl groups is 1. The summed E-state index contributed by atoms with van der Waals surface area (Å²) in [5.74, 6) is -3.72. The molecule has 1 fully saturated rings. The van der Waals surface area contributed by atoms with Gasteiger partial charge in [-0.05, 0) is 40.9 Å². The van der Waals surface area contributed by atoms with Crippen molar-refractivity contribution in [2.75, 3.05) is 13.2 Å². The van der Waals surface area contributed by atoms with Crippen LogP contribution in [0, 0.1) is 5.41 Å². The summed E-state index contributed by atoms with van der Waals surface area (Å²) in [7, 11) is 0. The molecular formula is C23H34O7. The number of benzene rings is 1. The molecule has 1 aliphatic heterocycles. The predicted molar refractivity (Wildman–Crippen MR) is 112 cm³/mol. The number of rotatable bonds is 5. The Bertz CT molecular complexity index is 768. The number of carboxylic acid groups (broad SMARTS) is 2. The molecule has 1 saturated heterocycles. The topological polar surface area (TPSA) is 113 Å². The number of carboxylic acids is 2. The van der Waals surface area contributed by atoms with E-state index < -0.39 is 36.4 Å². The lowest BCUT2D eigenvalue weighted by atomic mass is 9.78. The summed E-state index contributed by atoms with van der Waals surface area (Å²) in [5, 5.41) is 29.5. The molecule has 0 radical (unpaired) electrons. The number of carbonyl (C=O) groups is 2. The van der Waals surface area contributed by atoms with Crippen molar-refractivity contribution in [1.82, 2.24) is 0 Å². The third-order valence-electron chi connectivity index (χ3n) is 5.72. The van der Waals surface area contributed by atoms with Crippen molar-refractivity contribution in [2.45, 2.75) is 77.9 Å². The molecule has 1 aromatic rings. The highest BCUT2D eigenvalue weighted by molar-refractivity contribution is 5.98. The molecule has 1 aromatic carbocycles. The maximum atomic E-state index is 11.4. The van der Waals surface area contributed by atoms with E-state index in [1.54, 1.807) is 6.92 Å². The Balaban J connectivity index is 2.26. The second-order valence-corrected chi connectivity index (χ2v) is 10.4. The first kappa shape index (κ1) is 24.2. The summed E-state index contributed by atoms with van der Waals surface area (Å²) in [6.07, 6.45) is 0.982. The van der Waals surface area contributed by atoms with Gasteiger partial charge in [0.15, 0.2) is 5.79 Å². The van der Waals surface area contributed by atoms with Gasteiger partial charge in [0.2, 0.25) is 5.41 Å². The minimum absolute atomic E-state index is 0.246. The molecule has 7 nitrogen and oxygen atoms in total. The van der Waals surface area contributed by atoms with Crippen molar-refractivity contribution in [2.24, 2.45) is 5.41 Å². The number of phenolic OH excluding ortho intramolecular Hbond substituents is 1. The molecular weight excluding hydrogens is 388 g/mol. The maximum absolute atomic E-state index is 11.4. The van der Waals surface area contributed by atoms with Crippen molar-refractivity contribution < 1.29 is 34.4 Å². The van der Waals surface area contributed by atoms with Gasteiger partial charge in [-0.1, -0.05) is 53.7 Å². The Morgan fingerprint density at radius 1 is 0.933 bits per heavy atom. The number of ether oxygens (including phenoxy) is 2. The molecule has 3 N–H and O–H groups in total. The largest absolute Gasteiger partial charge is 0.507 e. The molecule has 7 heteroatoms. The fourth-order valence-electron chi connectivity index (χ4n) is 3.47. The molecule has 0 unspecified atom stereocenters. The van der Waals surface area contributed by atoms with Gasteiger partial charge >= 0.3 is 11.9 Å². The zero-order valence-electron chi connectivity index (χ0n) is 19.0. The average molecular weight is 423 g/mol. The molecule has 30 heavy (non-hydrogen) atoms. The normalized spacial score (nSPS) is 18.8. The molecule has 0 atom stereocenters. The van der Waals surface area contributed by atoms with Crippen LogP contribution in [0.15, 0.2) is 12.1 Å². The van der Waals surface area contributed by atoms with E-state index in [9.17, 15) is 24.9 Å². The second-order valence-electron chi connectivity index (χ2n) is 10.4. The van der Waals surface area contributed by atoms with Gasteiger partial charge in [-0.25, -0.2) is 0 Å². The number of aryl methyl sites for hydroxylation is 1. The highest BCUT2D eigenvalue weighted by Crippen LogP contribution is 2.41. The lowest BCUT2D eigenvalue weighted by Gasteiger charge is -2.40. The third-order valence-corrected chi connectivity index (χ3v) is 5.72. The summed E-state index contributed by atoms with van der Waals surface area (Å²) in [5.41, 5.74) is 0.142. The van der Waals surface area contributed by atoms with Crippen molar-refractivity contribution in [3.63, 3.8) is 0 Å². The highest BCUT2D eigenvalue weighted by atomic mass is 16.7. The van der Waals surface area contributed by atoms with Gasteiger partial charge in [0.05, 0.1) is 13.2 Å². The Kier molecular flexibility index (Phi) is 6.32. The van der Waals surface area contributed by atoms with Gasteiger partial charge in [-0.2, -0.15) is 0 Å². The Morgan fingerprint density at radius 2 is 1.33 bits per heavy atom. The smallest absolute Gasteiger partial charge is 0.325 e.